The zero-order chi connectivity index (χ0) is 30.9. The quantitative estimate of drug-likeness (QED) is 0.272. The second kappa shape index (κ2) is 11.7. The van der Waals surface area contributed by atoms with Gasteiger partial charge in [0, 0.05) is 55.5 Å². The molecule has 0 aliphatic carbocycles. The summed E-state index contributed by atoms with van der Waals surface area (Å²) in [6, 6.07) is 7.89. The molecule has 5 rings (SSSR count). The number of aromatic nitrogens is 3. The first kappa shape index (κ1) is 29.5. The van der Waals surface area contributed by atoms with Gasteiger partial charge in [-0.3, -0.25) is 4.79 Å². The number of halogens is 3. The Labute approximate surface area is 244 Å². The van der Waals surface area contributed by atoms with E-state index in [1.165, 1.54) is 19.4 Å². The van der Waals surface area contributed by atoms with E-state index in [0.717, 1.165) is 5.69 Å². The third-order valence-corrected chi connectivity index (χ3v) is 6.64. The summed E-state index contributed by atoms with van der Waals surface area (Å²) in [4.78, 5) is 33.3. The first-order valence-corrected chi connectivity index (χ1v) is 13.4. The molecule has 0 spiro atoms. The third-order valence-electron chi connectivity index (χ3n) is 6.64. The minimum Gasteiger partial charge on any atom is -0.494 e. The lowest BCUT2D eigenvalue weighted by Gasteiger charge is -2.37. The summed E-state index contributed by atoms with van der Waals surface area (Å²) in [5.74, 6) is -2.90. The number of anilines is 5. The number of hydrogen-bond acceptors (Lipinski definition) is 9. The van der Waals surface area contributed by atoms with Gasteiger partial charge in [0.1, 0.15) is 34.5 Å². The molecule has 1 saturated heterocycles. The van der Waals surface area contributed by atoms with E-state index in [9.17, 15) is 22.8 Å². The van der Waals surface area contributed by atoms with Crippen molar-refractivity contribution in [1.82, 2.24) is 20.1 Å². The molecule has 4 aromatic rings. The summed E-state index contributed by atoms with van der Waals surface area (Å²) < 4.78 is 53.2. The van der Waals surface area contributed by atoms with E-state index in [4.69, 9.17) is 9.47 Å². The summed E-state index contributed by atoms with van der Waals surface area (Å²) in [5, 5.41) is 12.2. The normalized spacial score (nSPS) is 13.7. The molecular weight excluding hydrogens is 567 g/mol. The highest BCUT2D eigenvalue weighted by molar-refractivity contribution is 5.95. The van der Waals surface area contributed by atoms with Gasteiger partial charge in [-0.05, 0) is 39.0 Å². The van der Waals surface area contributed by atoms with Gasteiger partial charge in [-0.2, -0.15) is 5.10 Å². The van der Waals surface area contributed by atoms with E-state index >= 15 is 0 Å². The van der Waals surface area contributed by atoms with Crippen LogP contribution in [0.15, 0.2) is 47.4 Å². The molecule has 2 aromatic carbocycles. The van der Waals surface area contributed by atoms with Crippen LogP contribution in [0.25, 0.3) is 10.8 Å². The number of aromatic amines is 1. The summed E-state index contributed by atoms with van der Waals surface area (Å²) in [6.07, 6.45) is 1.01. The first-order valence-electron chi connectivity index (χ1n) is 13.4. The maximum absolute atomic E-state index is 14.3. The van der Waals surface area contributed by atoms with Gasteiger partial charge in [-0.25, -0.2) is 28.0 Å². The predicted octanol–water partition coefficient (Wildman–Crippen LogP) is 5.29. The highest BCUT2D eigenvalue weighted by Gasteiger charge is 2.26. The number of H-pyrrole nitrogens is 1. The van der Waals surface area contributed by atoms with Gasteiger partial charge in [0.15, 0.2) is 11.6 Å². The van der Waals surface area contributed by atoms with E-state index in [1.54, 1.807) is 11.0 Å². The van der Waals surface area contributed by atoms with Crippen molar-refractivity contribution in [3.8, 4) is 5.75 Å². The fourth-order valence-electron chi connectivity index (χ4n) is 4.65. The van der Waals surface area contributed by atoms with E-state index in [2.05, 4.69) is 30.7 Å². The van der Waals surface area contributed by atoms with Crippen molar-refractivity contribution < 1.29 is 27.4 Å². The van der Waals surface area contributed by atoms with Gasteiger partial charge in [0.2, 0.25) is 0 Å². The molecule has 0 unspecified atom stereocenters. The van der Waals surface area contributed by atoms with Gasteiger partial charge in [-0.1, -0.05) is 0 Å². The van der Waals surface area contributed by atoms with Crippen LogP contribution in [0, 0.1) is 17.5 Å². The number of rotatable bonds is 6. The number of methoxy groups -OCH3 is 1. The molecule has 1 amide bonds. The van der Waals surface area contributed by atoms with E-state index < -0.39 is 34.3 Å². The van der Waals surface area contributed by atoms with Crippen molar-refractivity contribution in [2.75, 3.05) is 48.8 Å². The standard InChI is InChI=1S/C29H30F3N7O4/c1-29(2,3)43-28(41)39-9-7-38(8-10-39)18-5-6-21(22(14-18)42-4)34-26-24-16(15-33-37-27(24)40)11-23(36-26)35-25-19(31)12-17(30)13-20(25)32/h5-6,11-15H,7-10H2,1-4H3,(H,37,40)(H2,34,35,36). The van der Waals surface area contributed by atoms with Crippen LogP contribution >= 0.6 is 0 Å². The lowest BCUT2D eigenvalue weighted by Crippen LogP contribution is -2.50. The molecule has 3 heterocycles. The van der Waals surface area contributed by atoms with Crippen LogP contribution < -0.4 is 25.8 Å². The number of fused-ring (bicyclic) bond motifs is 1. The molecule has 11 nitrogen and oxygen atoms in total. The molecule has 0 atom stereocenters. The number of piperazine rings is 1. The second-order valence-corrected chi connectivity index (χ2v) is 10.9. The fourth-order valence-corrected chi connectivity index (χ4v) is 4.65. The largest absolute Gasteiger partial charge is 0.494 e. The average molecular weight is 598 g/mol. The highest BCUT2D eigenvalue weighted by Crippen LogP contribution is 2.35. The van der Waals surface area contributed by atoms with Crippen LogP contribution in [-0.2, 0) is 4.74 Å². The van der Waals surface area contributed by atoms with Crippen LogP contribution in [0.5, 0.6) is 5.75 Å². The summed E-state index contributed by atoms with van der Waals surface area (Å²) in [5.41, 5.74) is -0.416. The number of benzene rings is 2. The molecule has 1 aliphatic heterocycles. The van der Waals surface area contributed by atoms with Crippen LogP contribution in [0.1, 0.15) is 20.8 Å². The third kappa shape index (κ3) is 6.58. The monoisotopic (exact) mass is 597 g/mol. The van der Waals surface area contributed by atoms with Crippen molar-refractivity contribution in [1.29, 1.82) is 0 Å². The number of carbonyl (C=O) groups excluding carboxylic acids is 1. The van der Waals surface area contributed by atoms with Gasteiger partial charge in [-0.15, -0.1) is 0 Å². The smallest absolute Gasteiger partial charge is 0.410 e. The van der Waals surface area contributed by atoms with E-state index in [-0.39, 0.29) is 23.1 Å². The Morgan fingerprint density at radius 2 is 1.70 bits per heavy atom. The molecule has 1 fully saturated rings. The van der Waals surface area contributed by atoms with Crippen molar-refractivity contribution in [2.45, 2.75) is 26.4 Å². The molecule has 1 aliphatic rings. The SMILES string of the molecule is COc1cc(N2CCN(C(=O)OC(C)(C)C)CC2)ccc1Nc1nc(Nc2c(F)cc(F)cc2F)cc2cn[nH]c(=O)c12. The maximum Gasteiger partial charge on any atom is 0.410 e. The number of pyridine rings is 1. The Hall–Kier alpha value is -5.01. The number of hydrogen-bond donors (Lipinski definition) is 3. The molecule has 0 saturated carbocycles. The molecule has 43 heavy (non-hydrogen) atoms. The predicted molar refractivity (Wildman–Crippen MR) is 156 cm³/mol. The number of carbonyl (C=O) groups is 1. The van der Waals surface area contributed by atoms with Crippen molar-refractivity contribution in [2.24, 2.45) is 0 Å². The summed E-state index contributed by atoms with van der Waals surface area (Å²) >= 11 is 0. The van der Waals surface area contributed by atoms with Gasteiger partial charge < -0.3 is 29.9 Å². The average Bonchev–Trinajstić information content (AvgIpc) is 2.94. The molecule has 226 valence electrons. The van der Waals surface area contributed by atoms with Crippen molar-refractivity contribution in [3.63, 3.8) is 0 Å². The Kier molecular flexibility index (Phi) is 8.02. The Bertz CT molecular complexity index is 1710. The van der Waals surface area contributed by atoms with Crippen molar-refractivity contribution >= 4 is 45.6 Å². The minimum absolute atomic E-state index is 0.0229. The Morgan fingerprint density at radius 3 is 2.35 bits per heavy atom. The number of nitrogens with zero attached hydrogens (tertiary/aromatic N) is 4. The highest BCUT2D eigenvalue weighted by atomic mass is 19.1. The van der Waals surface area contributed by atoms with Gasteiger partial charge in [0.05, 0.1) is 24.4 Å². The van der Waals surface area contributed by atoms with Gasteiger partial charge >= 0.3 is 6.09 Å². The maximum atomic E-state index is 14.3. The molecule has 2 aromatic heterocycles. The number of ether oxygens (including phenoxy) is 2. The molecule has 14 heteroatoms. The number of amides is 1. The fraction of sp³-hybridized carbons (Fsp3) is 0.310. The molecule has 0 radical (unpaired) electrons. The molecular formula is C29H30F3N7O4. The zero-order valence-electron chi connectivity index (χ0n) is 23.9. The second-order valence-electron chi connectivity index (χ2n) is 10.9. The topological polar surface area (TPSA) is 125 Å². The zero-order valence-corrected chi connectivity index (χ0v) is 23.9. The van der Waals surface area contributed by atoms with Crippen LogP contribution in [0.2, 0.25) is 0 Å². The van der Waals surface area contributed by atoms with Crippen LogP contribution in [-0.4, -0.2) is 65.1 Å². The van der Waals surface area contributed by atoms with E-state index in [1.807, 2.05) is 32.9 Å². The summed E-state index contributed by atoms with van der Waals surface area (Å²) in [6.45, 7) is 7.60. The summed E-state index contributed by atoms with van der Waals surface area (Å²) in [7, 11) is 1.49. The van der Waals surface area contributed by atoms with Crippen LogP contribution in [0.4, 0.5) is 46.7 Å². The van der Waals surface area contributed by atoms with Crippen LogP contribution in [0.3, 0.4) is 0 Å². The van der Waals surface area contributed by atoms with Gasteiger partial charge in [0.25, 0.3) is 5.56 Å². The lowest BCUT2D eigenvalue weighted by molar-refractivity contribution is 0.0240. The first-order chi connectivity index (χ1) is 20.4. The molecule has 3 N–H and O–H groups in total. The number of nitrogens with one attached hydrogen (secondary N) is 3. The Balaban J connectivity index is 1.41. The van der Waals surface area contributed by atoms with Crippen molar-refractivity contribution in [3.05, 3.63) is 70.4 Å². The Morgan fingerprint density at radius 1 is 1.00 bits per heavy atom. The molecule has 0 bridgehead atoms. The minimum atomic E-state index is -1.15. The lowest BCUT2D eigenvalue weighted by atomic mass is 10.2. The van der Waals surface area contributed by atoms with E-state index in [0.29, 0.717) is 55.1 Å².